The molecule has 4 atom stereocenters. The molecule has 0 spiro atoms. The largest absolute Gasteiger partial charge is 0.426 e. The van der Waals surface area contributed by atoms with Crippen molar-refractivity contribution in [2.75, 3.05) is 0 Å². The van der Waals surface area contributed by atoms with E-state index in [-0.39, 0.29) is 41.4 Å². The van der Waals surface area contributed by atoms with E-state index >= 15 is 9.59 Å². The first-order valence-electron chi connectivity index (χ1n) is 17.0. The summed E-state index contributed by atoms with van der Waals surface area (Å²) in [6.45, 7) is 21.5. The van der Waals surface area contributed by atoms with Crippen LogP contribution in [0.2, 0.25) is 0 Å². The van der Waals surface area contributed by atoms with Gasteiger partial charge in [0.15, 0.2) is 22.8 Å². The Labute approximate surface area is 282 Å². The third-order valence-corrected chi connectivity index (χ3v) is 10.0. The fourth-order valence-corrected chi connectivity index (χ4v) is 7.48. The van der Waals surface area contributed by atoms with Crippen LogP contribution >= 0.6 is 0 Å². The summed E-state index contributed by atoms with van der Waals surface area (Å²) in [5.74, 6) is -2.66. The third kappa shape index (κ3) is 7.27. The first-order valence-corrected chi connectivity index (χ1v) is 17.0. The molecule has 6 heteroatoms. The third-order valence-electron chi connectivity index (χ3n) is 10.0. The number of fused-ring (bicyclic) bond motifs is 2. The van der Waals surface area contributed by atoms with Crippen LogP contribution in [0.3, 0.4) is 0 Å². The minimum absolute atomic E-state index is 0.0945. The maximum Gasteiger partial charge on any atom is 0.344 e. The lowest BCUT2D eigenvalue weighted by atomic mass is 9.38. The van der Waals surface area contributed by atoms with Crippen LogP contribution in [0, 0.1) is 28.1 Å². The van der Waals surface area contributed by atoms with Crippen LogP contribution in [0.1, 0.15) is 125 Å². The molecule has 6 nitrogen and oxygen atoms in total. The van der Waals surface area contributed by atoms with E-state index in [9.17, 15) is 9.59 Å². The molecule has 1 fully saturated rings. The van der Waals surface area contributed by atoms with E-state index in [1.807, 2.05) is 74.5 Å². The molecular formula is C41H55NO5. The molecule has 2 bridgehead atoms. The molecule has 0 amide bonds. The van der Waals surface area contributed by atoms with Gasteiger partial charge in [0.1, 0.15) is 5.76 Å². The molecule has 2 aliphatic carbocycles. The average molecular weight is 642 g/mol. The Hall–Kier alpha value is -3.67. The highest BCUT2D eigenvalue weighted by Gasteiger charge is 2.76. The molecular weight excluding hydrogens is 586 g/mol. The van der Waals surface area contributed by atoms with Gasteiger partial charge >= 0.3 is 5.97 Å². The highest BCUT2D eigenvalue weighted by Crippen LogP contribution is 2.68. The Bertz CT molecular complexity index is 1540. The summed E-state index contributed by atoms with van der Waals surface area (Å²) in [6.07, 6.45) is 13.6. The first kappa shape index (κ1) is 37.8. The second-order valence-corrected chi connectivity index (χ2v) is 15.1. The van der Waals surface area contributed by atoms with Crippen LogP contribution in [-0.2, 0) is 19.1 Å². The summed E-state index contributed by atoms with van der Waals surface area (Å²) in [6, 6.07) is 3.25. The molecule has 0 unspecified atom stereocenters. The van der Waals surface area contributed by atoms with Crippen LogP contribution < -0.4 is 0 Å². The Morgan fingerprint density at radius 3 is 2.09 bits per heavy atom. The Balaban J connectivity index is 2.56. The predicted molar refractivity (Wildman–Crippen MR) is 188 cm³/mol. The monoisotopic (exact) mass is 641 g/mol. The van der Waals surface area contributed by atoms with E-state index in [1.54, 1.807) is 32.2 Å². The van der Waals surface area contributed by atoms with Crippen LogP contribution in [0.4, 0.5) is 0 Å². The van der Waals surface area contributed by atoms with Crippen molar-refractivity contribution in [1.82, 2.24) is 4.98 Å². The molecule has 47 heavy (non-hydrogen) atoms. The van der Waals surface area contributed by atoms with Crippen LogP contribution in [-0.4, -0.2) is 28.3 Å². The maximum absolute atomic E-state index is 15.7. The van der Waals surface area contributed by atoms with Gasteiger partial charge in [-0.3, -0.25) is 19.4 Å². The number of carbonyl (C=O) groups is 4. The number of ketones is 3. The summed E-state index contributed by atoms with van der Waals surface area (Å²) in [7, 11) is 0. The number of hydrogen-bond donors (Lipinski definition) is 0. The van der Waals surface area contributed by atoms with Gasteiger partial charge in [-0.15, -0.1) is 0 Å². The highest BCUT2D eigenvalue weighted by molar-refractivity contribution is 6.33. The molecule has 2 aliphatic rings. The molecule has 0 N–H and O–H groups in total. The zero-order valence-corrected chi connectivity index (χ0v) is 30.5. The SMILES string of the molecule is CC(C)=CCC[C@]1(C)[C@@H](CC=C(C)C)C[C@@]2(CC=C(C)C)C(=O)[C@]1(C(=O)C(C)C)C(=O)C(CC=C(C)C)=C2OC(=O)c1cccnc1. The highest BCUT2D eigenvalue weighted by atomic mass is 16.5. The molecule has 1 aromatic heterocycles. The molecule has 0 aromatic carbocycles. The lowest BCUT2D eigenvalue weighted by molar-refractivity contribution is -0.180. The van der Waals surface area contributed by atoms with Crippen LogP contribution in [0.25, 0.3) is 0 Å². The van der Waals surface area contributed by atoms with Crippen molar-refractivity contribution in [2.45, 2.75) is 115 Å². The van der Waals surface area contributed by atoms with Crippen molar-refractivity contribution < 1.29 is 23.9 Å². The Kier molecular flexibility index (Phi) is 12.1. The molecule has 1 saturated carbocycles. The van der Waals surface area contributed by atoms with E-state index in [0.29, 0.717) is 25.7 Å². The van der Waals surface area contributed by atoms with Gasteiger partial charge in [-0.1, -0.05) is 67.4 Å². The van der Waals surface area contributed by atoms with Crippen LogP contribution in [0.5, 0.6) is 0 Å². The lowest BCUT2D eigenvalue weighted by Crippen LogP contribution is -2.71. The summed E-state index contributed by atoms with van der Waals surface area (Å²) in [5.41, 5.74) is 0.383. The van der Waals surface area contributed by atoms with Crippen molar-refractivity contribution >= 4 is 23.3 Å². The number of pyridine rings is 1. The lowest BCUT2D eigenvalue weighted by Gasteiger charge is -2.61. The molecule has 0 aliphatic heterocycles. The fraction of sp³-hybridized carbons (Fsp3) is 0.537. The van der Waals surface area contributed by atoms with Gasteiger partial charge in [-0.2, -0.15) is 0 Å². The number of allylic oxidation sites excluding steroid dienone is 10. The molecule has 254 valence electrons. The number of carbonyl (C=O) groups excluding carboxylic acids is 4. The fourth-order valence-electron chi connectivity index (χ4n) is 7.48. The molecule has 1 heterocycles. The molecule has 3 rings (SSSR count). The van der Waals surface area contributed by atoms with Gasteiger partial charge in [0.2, 0.25) is 0 Å². The first-order chi connectivity index (χ1) is 21.9. The number of esters is 1. The van der Waals surface area contributed by atoms with E-state index in [0.717, 1.165) is 22.3 Å². The Morgan fingerprint density at radius 1 is 0.936 bits per heavy atom. The molecule has 0 radical (unpaired) electrons. The quantitative estimate of drug-likeness (QED) is 0.121. The number of rotatable bonds is 13. The van der Waals surface area contributed by atoms with Gasteiger partial charge in [-0.25, -0.2) is 4.79 Å². The van der Waals surface area contributed by atoms with Gasteiger partial charge in [0, 0.05) is 23.9 Å². The minimum atomic E-state index is -1.93. The molecule has 1 aromatic rings. The van der Waals surface area contributed by atoms with E-state index in [1.165, 1.54) is 6.20 Å². The van der Waals surface area contributed by atoms with E-state index in [4.69, 9.17) is 4.74 Å². The van der Waals surface area contributed by atoms with Gasteiger partial charge < -0.3 is 4.74 Å². The van der Waals surface area contributed by atoms with Gasteiger partial charge in [-0.05, 0) is 117 Å². The zero-order valence-electron chi connectivity index (χ0n) is 30.5. The average Bonchev–Trinajstić information content (AvgIpc) is 2.99. The number of nitrogens with zero attached hydrogens (tertiary/aromatic N) is 1. The number of hydrogen-bond acceptors (Lipinski definition) is 6. The van der Waals surface area contributed by atoms with Crippen molar-refractivity contribution in [2.24, 2.45) is 28.1 Å². The minimum Gasteiger partial charge on any atom is -0.426 e. The summed E-state index contributed by atoms with van der Waals surface area (Å²) >= 11 is 0. The maximum atomic E-state index is 15.7. The summed E-state index contributed by atoms with van der Waals surface area (Å²) in [4.78, 5) is 63.9. The second kappa shape index (κ2) is 15.0. The van der Waals surface area contributed by atoms with Crippen molar-refractivity contribution in [3.05, 3.63) is 88.0 Å². The number of aromatic nitrogens is 1. The number of ether oxygens (including phenoxy) is 1. The summed E-state index contributed by atoms with van der Waals surface area (Å²) in [5, 5.41) is 0. The number of Topliss-reactive ketones (excluding diaryl/α,β-unsaturated/α-hetero) is 3. The van der Waals surface area contributed by atoms with Crippen LogP contribution in [0.15, 0.2) is 82.5 Å². The Morgan fingerprint density at radius 2 is 1.55 bits per heavy atom. The van der Waals surface area contributed by atoms with Gasteiger partial charge in [0.05, 0.1) is 11.0 Å². The standard InChI is InChI=1S/C41H55NO5/c1-26(2)14-12-21-39(11)32(18-16-27(3)4)24-40(22-20-29(7)8)36(47-37(45)31-15-13-23-42-25-31)33(19-17-28(5)6)35(44)41(39,38(40)46)34(43)30(9)10/h13-17,20,23,25,30,32H,12,18-19,21-22,24H2,1-11H3/t32-,39+,40+,41-/m0/s1. The van der Waals surface area contributed by atoms with Crippen molar-refractivity contribution in [1.29, 1.82) is 0 Å². The second-order valence-electron chi connectivity index (χ2n) is 15.1. The van der Waals surface area contributed by atoms with Crippen molar-refractivity contribution in [3.63, 3.8) is 0 Å². The van der Waals surface area contributed by atoms with E-state index < -0.39 is 39.7 Å². The van der Waals surface area contributed by atoms with E-state index in [2.05, 4.69) is 17.1 Å². The smallest absolute Gasteiger partial charge is 0.344 e. The van der Waals surface area contributed by atoms with Gasteiger partial charge in [0.25, 0.3) is 0 Å². The topological polar surface area (TPSA) is 90.4 Å². The normalized spacial score (nSPS) is 25.2. The van der Waals surface area contributed by atoms with Crippen molar-refractivity contribution in [3.8, 4) is 0 Å². The molecule has 0 saturated heterocycles. The summed E-state index contributed by atoms with van der Waals surface area (Å²) < 4.78 is 6.29. The predicted octanol–water partition coefficient (Wildman–Crippen LogP) is 9.68. The zero-order chi connectivity index (χ0) is 35.3.